The first kappa shape index (κ1) is 14.2. The van der Waals surface area contributed by atoms with E-state index < -0.39 is 0 Å². The van der Waals surface area contributed by atoms with Crippen molar-refractivity contribution in [2.45, 2.75) is 20.0 Å². The van der Waals surface area contributed by atoms with Gasteiger partial charge in [0.15, 0.2) is 11.5 Å². The highest BCUT2D eigenvalue weighted by molar-refractivity contribution is 5.41. The lowest BCUT2D eigenvalue weighted by molar-refractivity contribution is 0.317. The summed E-state index contributed by atoms with van der Waals surface area (Å²) in [6, 6.07) is 12.4. The topological polar surface area (TPSA) is 61.7 Å². The molecule has 2 rings (SSSR count). The molecule has 0 aliphatic rings. The van der Waals surface area contributed by atoms with Crippen LogP contribution in [-0.4, -0.2) is 16.8 Å². The highest BCUT2D eigenvalue weighted by Gasteiger charge is 2.03. The summed E-state index contributed by atoms with van der Waals surface area (Å²) in [4.78, 5) is 0. The molecule has 0 fully saturated rings. The summed E-state index contributed by atoms with van der Waals surface area (Å²) in [6.45, 7) is 3.81. The van der Waals surface area contributed by atoms with Crippen LogP contribution in [0.4, 0.5) is 0 Å². The zero-order valence-electron chi connectivity index (χ0n) is 11.5. The van der Waals surface area contributed by atoms with E-state index in [9.17, 15) is 10.2 Å². The number of ether oxygens (including phenoxy) is 1. The molecule has 0 unspecified atom stereocenters. The number of benzene rings is 2. The molecule has 0 spiro atoms. The maximum atomic E-state index is 9.63. The van der Waals surface area contributed by atoms with Crippen molar-refractivity contribution in [2.24, 2.45) is 0 Å². The van der Waals surface area contributed by atoms with E-state index in [2.05, 4.69) is 5.32 Å². The summed E-state index contributed by atoms with van der Waals surface area (Å²) in [5.41, 5.74) is 2.15. The molecule has 2 aromatic carbocycles. The Morgan fingerprint density at radius 3 is 2.30 bits per heavy atom. The summed E-state index contributed by atoms with van der Waals surface area (Å²) in [5.74, 6) is 0.944. The van der Waals surface area contributed by atoms with Gasteiger partial charge in [-0.25, -0.2) is 0 Å². The van der Waals surface area contributed by atoms with E-state index in [-0.39, 0.29) is 11.5 Å². The molecule has 0 aliphatic heterocycles. The zero-order chi connectivity index (χ0) is 14.4. The van der Waals surface area contributed by atoms with Gasteiger partial charge in [-0.05, 0) is 42.3 Å². The Balaban J connectivity index is 1.90. The molecule has 4 heteroatoms. The number of aromatic hydroxyl groups is 2. The molecule has 0 atom stereocenters. The van der Waals surface area contributed by atoms with E-state index in [0.717, 1.165) is 11.1 Å². The van der Waals surface area contributed by atoms with E-state index in [1.807, 2.05) is 31.2 Å². The fourth-order valence-corrected chi connectivity index (χ4v) is 1.90. The molecule has 0 heterocycles. The highest BCUT2D eigenvalue weighted by atomic mass is 16.5. The summed E-state index contributed by atoms with van der Waals surface area (Å²) in [6.07, 6.45) is 0. The second-order valence-corrected chi connectivity index (χ2v) is 4.51. The molecule has 0 saturated heterocycles. The maximum absolute atomic E-state index is 9.63. The molecule has 0 bridgehead atoms. The number of rotatable bonds is 6. The first-order valence-corrected chi connectivity index (χ1v) is 6.62. The average molecular weight is 273 g/mol. The van der Waals surface area contributed by atoms with E-state index >= 15 is 0 Å². The maximum Gasteiger partial charge on any atom is 0.161 e. The van der Waals surface area contributed by atoms with E-state index in [1.54, 1.807) is 18.2 Å². The second kappa shape index (κ2) is 6.82. The van der Waals surface area contributed by atoms with Gasteiger partial charge in [0, 0.05) is 13.1 Å². The van der Waals surface area contributed by atoms with Gasteiger partial charge in [-0.15, -0.1) is 0 Å². The number of nitrogens with one attached hydrogen (secondary N) is 1. The molecule has 0 saturated carbocycles. The molecule has 0 aliphatic carbocycles. The van der Waals surface area contributed by atoms with Crippen LogP contribution >= 0.6 is 0 Å². The van der Waals surface area contributed by atoms with Gasteiger partial charge in [-0.1, -0.05) is 18.2 Å². The first-order chi connectivity index (χ1) is 9.69. The predicted molar refractivity (Wildman–Crippen MR) is 77.9 cm³/mol. The Kier molecular flexibility index (Phi) is 4.85. The largest absolute Gasteiger partial charge is 0.508 e. The Hall–Kier alpha value is -2.20. The van der Waals surface area contributed by atoms with Crippen LogP contribution in [0.25, 0.3) is 0 Å². The fraction of sp³-hybridized carbons (Fsp3) is 0.250. The molecule has 4 nitrogen and oxygen atoms in total. The Labute approximate surface area is 118 Å². The predicted octanol–water partition coefficient (Wildman–Crippen LogP) is 2.79. The standard InChI is InChI=1S/C16H19NO3/c1-2-20-16-9-13(5-8-15(16)19)11-17-10-12-3-6-14(18)7-4-12/h3-9,17-19H,2,10-11H2,1H3. The van der Waals surface area contributed by atoms with E-state index in [4.69, 9.17) is 4.74 Å². The average Bonchev–Trinajstić information content (AvgIpc) is 2.45. The summed E-state index contributed by atoms with van der Waals surface area (Å²) in [5, 5.41) is 22.1. The normalized spacial score (nSPS) is 10.4. The van der Waals surface area contributed by atoms with Crippen molar-refractivity contribution in [3.8, 4) is 17.2 Å². The second-order valence-electron chi connectivity index (χ2n) is 4.51. The minimum absolute atomic E-state index is 0.161. The third-order valence-electron chi connectivity index (χ3n) is 2.92. The Morgan fingerprint density at radius 1 is 0.950 bits per heavy atom. The fourth-order valence-electron chi connectivity index (χ4n) is 1.90. The van der Waals surface area contributed by atoms with Crippen LogP contribution in [0.15, 0.2) is 42.5 Å². The van der Waals surface area contributed by atoms with Crippen LogP contribution < -0.4 is 10.1 Å². The van der Waals surface area contributed by atoms with Crippen molar-refractivity contribution in [3.63, 3.8) is 0 Å². The summed E-state index contributed by atoms with van der Waals surface area (Å²) < 4.78 is 5.35. The van der Waals surface area contributed by atoms with Crippen molar-refractivity contribution in [2.75, 3.05) is 6.61 Å². The van der Waals surface area contributed by atoms with Gasteiger partial charge in [-0.3, -0.25) is 0 Å². The van der Waals surface area contributed by atoms with Crippen molar-refractivity contribution in [1.82, 2.24) is 5.32 Å². The minimum atomic E-state index is 0.161. The third kappa shape index (κ3) is 3.90. The Bertz CT molecular complexity index is 552. The number of hydrogen-bond donors (Lipinski definition) is 3. The van der Waals surface area contributed by atoms with E-state index in [1.165, 1.54) is 0 Å². The number of phenols is 2. The number of hydrogen-bond acceptors (Lipinski definition) is 4. The lowest BCUT2D eigenvalue weighted by Crippen LogP contribution is -2.12. The molecule has 0 aromatic heterocycles. The van der Waals surface area contributed by atoms with Crippen molar-refractivity contribution in [1.29, 1.82) is 0 Å². The molecular weight excluding hydrogens is 254 g/mol. The molecule has 3 N–H and O–H groups in total. The lowest BCUT2D eigenvalue weighted by Gasteiger charge is -2.09. The zero-order valence-corrected chi connectivity index (χ0v) is 11.5. The first-order valence-electron chi connectivity index (χ1n) is 6.62. The van der Waals surface area contributed by atoms with Gasteiger partial charge in [0.25, 0.3) is 0 Å². The summed E-state index contributed by atoms with van der Waals surface area (Å²) in [7, 11) is 0. The van der Waals surface area contributed by atoms with Crippen LogP contribution in [0.1, 0.15) is 18.1 Å². The van der Waals surface area contributed by atoms with Crippen molar-refractivity contribution < 1.29 is 14.9 Å². The molecule has 2 aromatic rings. The molecule has 0 radical (unpaired) electrons. The molecule has 0 amide bonds. The van der Waals surface area contributed by atoms with Crippen LogP contribution in [0.3, 0.4) is 0 Å². The van der Waals surface area contributed by atoms with Crippen LogP contribution in [0.2, 0.25) is 0 Å². The molecule has 20 heavy (non-hydrogen) atoms. The number of phenolic OH excluding ortho intramolecular Hbond substituents is 2. The van der Waals surface area contributed by atoms with Crippen molar-refractivity contribution >= 4 is 0 Å². The van der Waals surface area contributed by atoms with Gasteiger partial charge in [-0.2, -0.15) is 0 Å². The minimum Gasteiger partial charge on any atom is -0.508 e. The van der Waals surface area contributed by atoms with Crippen LogP contribution in [0, 0.1) is 0 Å². The monoisotopic (exact) mass is 273 g/mol. The van der Waals surface area contributed by atoms with Gasteiger partial charge in [0.1, 0.15) is 5.75 Å². The van der Waals surface area contributed by atoms with E-state index in [0.29, 0.717) is 25.4 Å². The summed E-state index contributed by atoms with van der Waals surface area (Å²) >= 11 is 0. The lowest BCUT2D eigenvalue weighted by atomic mass is 10.2. The third-order valence-corrected chi connectivity index (χ3v) is 2.92. The van der Waals surface area contributed by atoms with Crippen LogP contribution in [-0.2, 0) is 13.1 Å². The van der Waals surface area contributed by atoms with Crippen LogP contribution in [0.5, 0.6) is 17.2 Å². The quantitative estimate of drug-likeness (QED) is 0.757. The smallest absolute Gasteiger partial charge is 0.161 e. The van der Waals surface area contributed by atoms with Gasteiger partial charge >= 0.3 is 0 Å². The highest BCUT2D eigenvalue weighted by Crippen LogP contribution is 2.26. The Morgan fingerprint density at radius 2 is 1.60 bits per heavy atom. The van der Waals surface area contributed by atoms with Crippen molar-refractivity contribution in [3.05, 3.63) is 53.6 Å². The SMILES string of the molecule is CCOc1cc(CNCc2ccc(O)cc2)ccc1O. The van der Waals surface area contributed by atoms with Gasteiger partial charge in [0.2, 0.25) is 0 Å². The van der Waals surface area contributed by atoms with Gasteiger partial charge < -0.3 is 20.3 Å². The molecular formula is C16H19NO3. The van der Waals surface area contributed by atoms with Gasteiger partial charge in [0.05, 0.1) is 6.61 Å². The molecule has 106 valence electrons.